The van der Waals surface area contributed by atoms with Gasteiger partial charge in [-0.25, -0.2) is 0 Å². The van der Waals surface area contributed by atoms with E-state index in [4.69, 9.17) is 21.4 Å². The van der Waals surface area contributed by atoms with Gasteiger partial charge >= 0.3 is 0 Å². The number of rotatable bonds is 7. The van der Waals surface area contributed by atoms with E-state index in [1.165, 1.54) is 17.0 Å². The highest BCUT2D eigenvalue weighted by Crippen LogP contribution is 2.40. The highest BCUT2D eigenvalue weighted by molar-refractivity contribution is 7.80. The van der Waals surface area contributed by atoms with Crippen LogP contribution in [0.15, 0.2) is 53.3 Å². The van der Waals surface area contributed by atoms with Crippen LogP contribution in [0.1, 0.15) is 40.5 Å². The van der Waals surface area contributed by atoms with Crippen LogP contribution in [0.4, 0.5) is 0 Å². The van der Waals surface area contributed by atoms with E-state index < -0.39 is 0 Å². The fourth-order valence-electron chi connectivity index (χ4n) is 4.10. The van der Waals surface area contributed by atoms with Gasteiger partial charge in [0.15, 0.2) is 5.11 Å². The standard InChI is InChI=1S/C22H26N4O2S/c1-15-13-18(16(2)26(15)14-17-7-6-11-28-17)21-20(19-8-4-5-9-23-19)24-22(29)25(21)10-12-27-3/h4-9,11,13,20-21H,10,12,14H2,1-3H3,(H,24,29)/t20-,21-/m0/s1. The summed E-state index contributed by atoms with van der Waals surface area (Å²) in [6.45, 7) is 6.34. The first kappa shape index (κ1) is 19.7. The summed E-state index contributed by atoms with van der Waals surface area (Å²) in [7, 11) is 1.72. The van der Waals surface area contributed by atoms with Crippen LogP contribution in [0, 0.1) is 13.8 Å². The highest BCUT2D eigenvalue weighted by Gasteiger charge is 2.41. The molecule has 0 spiro atoms. The average molecular weight is 411 g/mol. The van der Waals surface area contributed by atoms with Crippen molar-refractivity contribution < 1.29 is 9.15 Å². The fraction of sp³-hybridized carbons (Fsp3) is 0.364. The SMILES string of the molecule is COCCN1C(=S)N[C@@H](c2ccccn2)[C@@H]1c1cc(C)n(Cc2ccco2)c1C. The number of methoxy groups -OCH3 is 1. The molecule has 0 unspecified atom stereocenters. The number of aromatic nitrogens is 2. The van der Waals surface area contributed by atoms with E-state index in [-0.39, 0.29) is 12.1 Å². The van der Waals surface area contributed by atoms with Crippen LogP contribution in [0.5, 0.6) is 0 Å². The van der Waals surface area contributed by atoms with Gasteiger partial charge in [-0.3, -0.25) is 4.98 Å². The van der Waals surface area contributed by atoms with E-state index in [2.05, 4.69) is 45.7 Å². The van der Waals surface area contributed by atoms with Gasteiger partial charge in [0.05, 0.1) is 37.2 Å². The van der Waals surface area contributed by atoms with Gasteiger partial charge in [0, 0.05) is 31.2 Å². The molecule has 3 aromatic rings. The van der Waals surface area contributed by atoms with Gasteiger partial charge in [0.1, 0.15) is 5.76 Å². The summed E-state index contributed by atoms with van der Waals surface area (Å²) in [5, 5.41) is 4.23. The molecule has 1 N–H and O–H groups in total. The molecule has 1 aliphatic rings. The molecule has 0 radical (unpaired) electrons. The number of thiocarbonyl (C=S) groups is 1. The van der Waals surface area contributed by atoms with Crippen molar-refractivity contribution in [1.82, 2.24) is 19.8 Å². The Hall–Kier alpha value is -2.64. The van der Waals surface area contributed by atoms with Crippen molar-refractivity contribution >= 4 is 17.3 Å². The molecule has 0 aromatic carbocycles. The Morgan fingerprint density at radius 2 is 2.10 bits per heavy atom. The number of aryl methyl sites for hydroxylation is 1. The van der Waals surface area contributed by atoms with E-state index in [9.17, 15) is 0 Å². The lowest BCUT2D eigenvalue weighted by Gasteiger charge is -2.28. The van der Waals surface area contributed by atoms with E-state index in [0.29, 0.717) is 13.2 Å². The third kappa shape index (κ3) is 3.80. The van der Waals surface area contributed by atoms with Gasteiger partial charge in [-0.05, 0) is 62.0 Å². The highest BCUT2D eigenvalue weighted by atomic mass is 32.1. The van der Waals surface area contributed by atoms with Crippen LogP contribution in [-0.4, -0.2) is 39.8 Å². The Bertz CT molecular complexity index is 968. The van der Waals surface area contributed by atoms with Crippen molar-refractivity contribution in [2.75, 3.05) is 20.3 Å². The molecule has 3 aromatic heterocycles. The Balaban J connectivity index is 1.74. The Labute approximate surface area is 176 Å². The van der Waals surface area contributed by atoms with Gasteiger partial charge in [0.25, 0.3) is 0 Å². The minimum absolute atomic E-state index is 0.0156. The topological polar surface area (TPSA) is 55.5 Å². The number of hydrogen-bond acceptors (Lipinski definition) is 4. The minimum atomic E-state index is -0.0156. The van der Waals surface area contributed by atoms with E-state index in [1.54, 1.807) is 13.4 Å². The van der Waals surface area contributed by atoms with Crippen LogP contribution in [0.2, 0.25) is 0 Å². The largest absolute Gasteiger partial charge is 0.467 e. The molecule has 29 heavy (non-hydrogen) atoms. The molecular formula is C22H26N4O2S. The second kappa shape index (κ2) is 8.39. The van der Waals surface area contributed by atoms with Crippen molar-refractivity contribution in [1.29, 1.82) is 0 Å². The maximum atomic E-state index is 5.69. The van der Waals surface area contributed by atoms with E-state index >= 15 is 0 Å². The fourth-order valence-corrected chi connectivity index (χ4v) is 4.44. The molecule has 0 bridgehead atoms. The third-order valence-corrected chi connectivity index (χ3v) is 5.91. The third-order valence-electron chi connectivity index (χ3n) is 5.56. The lowest BCUT2D eigenvalue weighted by atomic mass is 9.97. The first-order valence-electron chi connectivity index (χ1n) is 9.76. The molecule has 0 saturated carbocycles. The summed E-state index contributed by atoms with van der Waals surface area (Å²) >= 11 is 5.69. The predicted octanol–water partition coefficient (Wildman–Crippen LogP) is 3.76. The van der Waals surface area contributed by atoms with Crippen LogP contribution in [0.3, 0.4) is 0 Å². The second-order valence-corrected chi connectivity index (χ2v) is 7.69. The van der Waals surface area contributed by atoms with Gasteiger partial charge in [0.2, 0.25) is 0 Å². The molecule has 6 nitrogen and oxygen atoms in total. The number of furan rings is 1. The maximum absolute atomic E-state index is 5.69. The average Bonchev–Trinajstić information content (AvgIpc) is 3.42. The molecule has 1 saturated heterocycles. The van der Waals surface area contributed by atoms with Crippen LogP contribution >= 0.6 is 12.2 Å². The predicted molar refractivity (Wildman–Crippen MR) is 116 cm³/mol. The minimum Gasteiger partial charge on any atom is -0.467 e. The van der Waals surface area contributed by atoms with Gasteiger partial charge in [-0.1, -0.05) is 6.07 Å². The van der Waals surface area contributed by atoms with Gasteiger partial charge in [-0.2, -0.15) is 0 Å². The molecule has 1 aliphatic heterocycles. The van der Waals surface area contributed by atoms with Crippen LogP contribution in [-0.2, 0) is 11.3 Å². The zero-order chi connectivity index (χ0) is 20.4. The smallest absolute Gasteiger partial charge is 0.170 e. The molecular weight excluding hydrogens is 384 g/mol. The number of ether oxygens (including phenoxy) is 1. The van der Waals surface area contributed by atoms with Gasteiger partial charge < -0.3 is 23.9 Å². The van der Waals surface area contributed by atoms with E-state index in [0.717, 1.165) is 23.1 Å². The normalized spacial score (nSPS) is 19.0. The van der Waals surface area contributed by atoms with E-state index in [1.807, 2.05) is 30.5 Å². The maximum Gasteiger partial charge on any atom is 0.170 e. The van der Waals surface area contributed by atoms with Crippen molar-refractivity contribution in [2.45, 2.75) is 32.5 Å². The van der Waals surface area contributed by atoms with Crippen molar-refractivity contribution in [3.8, 4) is 0 Å². The van der Waals surface area contributed by atoms with Crippen molar-refractivity contribution in [3.63, 3.8) is 0 Å². The second-order valence-electron chi connectivity index (χ2n) is 7.30. The number of nitrogens with zero attached hydrogens (tertiary/aromatic N) is 3. The van der Waals surface area contributed by atoms with Gasteiger partial charge in [-0.15, -0.1) is 0 Å². The quantitative estimate of drug-likeness (QED) is 0.599. The number of nitrogens with one attached hydrogen (secondary N) is 1. The monoisotopic (exact) mass is 410 g/mol. The molecule has 4 heterocycles. The van der Waals surface area contributed by atoms with Crippen LogP contribution in [0.25, 0.3) is 0 Å². The Kier molecular flexibility index (Phi) is 5.69. The summed E-state index contributed by atoms with van der Waals surface area (Å²) in [6.07, 6.45) is 3.54. The molecule has 4 rings (SSSR count). The summed E-state index contributed by atoms with van der Waals surface area (Å²) < 4.78 is 13.2. The molecule has 7 heteroatoms. The van der Waals surface area contributed by atoms with Crippen LogP contribution < -0.4 is 5.32 Å². The number of hydrogen-bond donors (Lipinski definition) is 1. The summed E-state index contributed by atoms with van der Waals surface area (Å²) in [6, 6.07) is 12.2. The number of pyridine rings is 1. The summed E-state index contributed by atoms with van der Waals surface area (Å²) in [4.78, 5) is 6.82. The molecule has 0 aliphatic carbocycles. The summed E-state index contributed by atoms with van der Waals surface area (Å²) in [5.41, 5.74) is 4.63. The molecule has 0 amide bonds. The zero-order valence-corrected chi connectivity index (χ0v) is 17.8. The first-order valence-corrected chi connectivity index (χ1v) is 10.2. The van der Waals surface area contributed by atoms with Crippen molar-refractivity contribution in [2.24, 2.45) is 0 Å². The lowest BCUT2D eigenvalue weighted by Crippen LogP contribution is -2.32. The van der Waals surface area contributed by atoms with Crippen molar-refractivity contribution in [3.05, 3.63) is 77.3 Å². The Morgan fingerprint density at radius 1 is 1.24 bits per heavy atom. The molecule has 1 fully saturated rings. The molecule has 2 atom stereocenters. The molecule has 152 valence electrons. The first-order chi connectivity index (χ1) is 14.1. The lowest BCUT2D eigenvalue weighted by molar-refractivity contribution is 0.164. The zero-order valence-electron chi connectivity index (χ0n) is 17.0. The Morgan fingerprint density at radius 3 is 2.79 bits per heavy atom. The summed E-state index contributed by atoms with van der Waals surface area (Å²) in [5.74, 6) is 0.941.